The topological polar surface area (TPSA) is 36.9 Å². The summed E-state index contributed by atoms with van der Waals surface area (Å²) in [6, 6.07) is 6.38. The normalized spacial score (nSPS) is 17.0. The van der Waals surface area contributed by atoms with Gasteiger partial charge in [-0.1, -0.05) is 25.5 Å². The molecule has 0 N–H and O–H groups in total. The molecule has 4 aromatic carbocycles. The summed E-state index contributed by atoms with van der Waals surface area (Å²) in [4.78, 5) is 0. The Morgan fingerprint density at radius 3 is 1.65 bits per heavy atom. The van der Waals surface area contributed by atoms with Gasteiger partial charge in [-0.15, -0.1) is 0 Å². The monoisotopic (exact) mass is 706 g/mol. The van der Waals surface area contributed by atoms with Crippen LogP contribution in [0.25, 0.3) is 22.3 Å². The number of rotatable bonds is 10. The predicted octanol–water partition coefficient (Wildman–Crippen LogP) is 10.2. The van der Waals surface area contributed by atoms with Gasteiger partial charge in [0.25, 0.3) is 0 Å². The van der Waals surface area contributed by atoms with Crippen LogP contribution in [-0.2, 0) is 26.5 Å². The Kier molecular flexibility index (Phi) is 10.6. The molecule has 1 saturated heterocycles. The van der Waals surface area contributed by atoms with Crippen molar-refractivity contribution in [3.63, 3.8) is 0 Å². The standard InChI is InChI=1S/C34H25F11O4/c1-2-3-8-46-21-15-47-32(48-16-21)17-4-6-22(24(35)9-17)19-12-28(39)31(29(40)13-19)34(44,45)49-20-5-7-23(25(36)14-20)18-10-26(37)30(27(38)11-18)33(41,42)43/h4-7,9-14,21,32H,2-3,8,15-16H2,1H3. The molecule has 0 radical (unpaired) electrons. The van der Waals surface area contributed by atoms with Crippen LogP contribution in [0.1, 0.15) is 42.7 Å². The minimum absolute atomic E-state index is 0.182. The van der Waals surface area contributed by atoms with E-state index < -0.39 is 87.0 Å². The molecule has 1 heterocycles. The van der Waals surface area contributed by atoms with E-state index in [1.165, 1.54) is 6.07 Å². The van der Waals surface area contributed by atoms with Crippen LogP contribution in [0.15, 0.2) is 60.7 Å². The molecule has 4 aromatic rings. The molecule has 0 amide bonds. The van der Waals surface area contributed by atoms with E-state index in [1.54, 1.807) is 0 Å². The number of alkyl halides is 5. The maximum absolute atomic E-state index is 15.1. The highest BCUT2D eigenvalue weighted by atomic mass is 19.4. The zero-order chi connectivity index (χ0) is 35.7. The lowest BCUT2D eigenvalue weighted by Gasteiger charge is -2.29. The van der Waals surface area contributed by atoms with Crippen molar-refractivity contribution in [2.45, 2.75) is 44.4 Å². The maximum Gasteiger partial charge on any atom is 0.432 e. The van der Waals surface area contributed by atoms with Crippen molar-refractivity contribution in [3.8, 4) is 28.0 Å². The summed E-state index contributed by atoms with van der Waals surface area (Å²) in [6.45, 7) is 2.90. The summed E-state index contributed by atoms with van der Waals surface area (Å²) < 4.78 is 178. The summed E-state index contributed by atoms with van der Waals surface area (Å²) in [5, 5.41) is 0. The number of hydrogen-bond acceptors (Lipinski definition) is 4. The third-order valence-corrected chi connectivity index (χ3v) is 7.45. The Morgan fingerprint density at radius 2 is 1.16 bits per heavy atom. The fourth-order valence-electron chi connectivity index (χ4n) is 5.08. The van der Waals surface area contributed by atoms with E-state index in [9.17, 15) is 26.3 Å². The van der Waals surface area contributed by atoms with Gasteiger partial charge in [0.2, 0.25) is 0 Å². The second kappa shape index (κ2) is 14.3. The van der Waals surface area contributed by atoms with Crippen LogP contribution in [0.2, 0.25) is 0 Å². The van der Waals surface area contributed by atoms with E-state index in [2.05, 4.69) is 4.74 Å². The van der Waals surface area contributed by atoms with Gasteiger partial charge in [-0.05, 0) is 60.0 Å². The Hall–Kier alpha value is -4.21. The fraction of sp³-hybridized carbons (Fsp3) is 0.294. The lowest BCUT2D eigenvalue weighted by Crippen LogP contribution is -2.33. The first-order chi connectivity index (χ1) is 23.1. The van der Waals surface area contributed by atoms with E-state index in [0.717, 1.165) is 25.0 Å². The molecule has 1 aliphatic rings. The van der Waals surface area contributed by atoms with Crippen molar-refractivity contribution in [2.75, 3.05) is 19.8 Å². The van der Waals surface area contributed by atoms with Crippen LogP contribution in [0.4, 0.5) is 48.3 Å². The first kappa shape index (κ1) is 36.1. The van der Waals surface area contributed by atoms with E-state index >= 15 is 22.0 Å². The third-order valence-electron chi connectivity index (χ3n) is 7.45. The van der Waals surface area contributed by atoms with Gasteiger partial charge in [0.15, 0.2) is 6.29 Å². The van der Waals surface area contributed by atoms with Crippen LogP contribution in [0.3, 0.4) is 0 Å². The molecule has 0 unspecified atom stereocenters. The third kappa shape index (κ3) is 8.00. The highest BCUT2D eigenvalue weighted by Crippen LogP contribution is 2.40. The molecule has 0 aromatic heterocycles. The lowest BCUT2D eigenvalue weighted by atomic mass is 10.00. The molecule has 49 heavy (non-hydrogen) atoms. The first-order valence-corrected chi connectivity index (χ1v) is 14.7. The van der Waals surface area contributed by atoms with Crippen molar-refractivity contribution in [3.05, 3.63) is 112 Å². The Bertz CT molecular complexity index is 1770. The minimum Gasteiger partial charge on any atom is -0.429 e. The highest BCUT2D eigenvalue weighted by molar-refractivity contribution is 5.67. The van der Waals surface area contributed by atoms with Crippen molar-refractivity contribution in [1.82, 2.24) is 0 Å². The molecule has 0 saturated carbocycles. The molecule has 0 aliphatic carbocycles. The van der Waals surface area contributed by atoms with Gasteiger partial charge in [-0.3, -0.25) is 0 Å². The maximum atomic E-state index is 15.1. The molecule has 262 valence electrons. The lowest BCUT2D eigenvalue weighted by molar-refractivity contribution is -0.230. The molecular weight excluding hydrogens is 681 g/mol. The largest absolute Gasteiger partial charge is 0.432 e. The zero-order valence-electron chi connectivity index (χ0n) is 25.3. The minimum atomic E-state index is -5.39. The molecular formula is C34H25F11O4. The van der Waals surface area contributed by atoms with Gasteiger partial charge in [-0.25, -0.2) is 26.3 Å². The van der Waals surface area contributed by atoms with E-state index in [1.807, 2.05) is 6.92 Å². The van der Waals surface area contributed by atoms with E-state index in [-0.39, 0.29) is 48.6 Å². The number of hydrogen-bond donors (Lipinski definition) is 0. The number of halogens is 11. The van der Waals surface area contributed by atoms with Gasteiger partial charge in [0.05, 0.1) is 13.2 Å². The van der Waals surface area contributed by atoms with E-state index in [0.29, 0.717) is 30.9 Å². The van der Waals surface area contributed by atoms with Crippen LogP contribution >= 0.6 is 0 Å². The summed E-state index contributed by atoms with van der Waals surface area (Å²) in [7, 11) is 0. The highest BCUT2D eigenvalue weighted by Gasteiger charge is 2.42. The molecule has 4 nitrogen and oxygen atoms in total. The second-order valence-corrected chi connectivity index (χ2v) is 11.0. The van der Waals surface area contributed by atoms with Crippen molar-refractivity contribution < 1.29 is 67.2 Å². The van der Waals surface area contributed by atoms with Gasteiger partial charge >= 0.3 is 12.3 Å². The van der Waals surface area contributed by atoms with Crippen molar-refractivity contribution >= 4 is 0 Å². The van der Waals surface area contributed by atoms with Crippen LogP contribution in [-0.4, -0.2) is 25.9 Å². The van der Waals surface area contributed by atoms with Gasteiger partial charge < -0.3 is 18.9 Å². The molecule has 15 heteroatoms. The van der Waals surface area contributed by atoms with Crippen LogP contribution < -0.4 is 4.74 Å². The van der Waals surface area contributed by atoms with Crippen LogP contribution in [0.5, 0.6) is 5.75 Å². The Morgan fingerprint density at radius 1 is 0.653 bits per heavy atom. The molecule has 0 atom stereocenters. The van der Waals surface area contributed by atoms with Crippen LogP contribution in [0, 0.1) is 34.9 Å². The van der Waals surface area contributed by atoms with Crippen molar-refractivity contribution in [2.24, 2.45) is 0 Å². The number of unbranched alkanes of at least 4 members (excludes halogenated alkanes) is 1. The summed E-state index contributed by atoms with van der Waals surface area (Å²) in [5.41, 5.74) is -6.05. The summed E-state index contributed by atoms with van der Waals surface area (Å²) >= 11 is 0. The smallest absolute Gasteiger partial charge is 0.429 e. The average Bonchev–Trinajstić information content (AvgIpc) is 2.99. The average molecular weight is 707 g/mol. The Labute approximate surface area is 272 Å². The van der Waals surface area contributed by atoms with Crippen molar-refractivity contribution in [1.29, 1.82) is 0 Å². The SMILES string of the molecule is CCCCOC1COC(c2ccc(-c3cc(F)c(C(F)(F)Oc4ccc(-c5cc(F)c(C(F)(F)F)c(F)c5)c(F)c4)c(F)c3)c(F)c2)OC1. The number of benzene rings is 4. The molecule has 0 spiro atoms. The van der Waals surface area contributed by atoms with E-state index in [4.69, 9.17) is 14.2 Å². The molecule has 5 rings (SSSR count). The quantitative estimate of drug-likeness (QED) is 0.122. The molecule has 1 aliphatic heterocycles. The summed E-state index contributed by atoms with van der Waals surface area (Å²) in [5.74, 6) is -11.2. The zero-order valence-corrected chi connectivity index (χ0v) is 25.3. The molecule has 0 bridgehead atoms. The van der Waals surface area contributed by atoms with Gasteiger partial charge in [0, 0.05) is 29.4 Å². The fourth-order valence-corrected chi connectivity index (χ4v) is 5.08. The Balaban J connectivity index is 1.32. The summed E-state index contributed by atoms with van der Waals surface area (Å²) in [6.07, 6.45) is -9.61. The van der Waals surface area contributed by atoms with Gasteiger partial charge in [-0.2, -0.15) is 22.0 Å². The first-order valence-electron chi connectivity index (χ1n) is 14.7. The predicted molar refractivity (Wildman–Crippen MR) is 152 cm³/mol. The van der Waals surface area contributed by atoms with Gasteiger partial charge in [0.1, 0.15) is 57.9 Å². The number of ether oxygens (including phenoxy) is 4. The molecule has 1 fully saturated rings. The second-order valence-electron chi connectivity index (χ2n) is 11.0.